The molecule has 4 N–H and O–H groups in total. The molecule has 3 heterocycles. The molecule has 1 unspecified atom stereocenters. The number of aliphatic hydroxyl groups is 1. The van der Waals surface area contributed by atoms with Crippen molar-refractivity contribution in [1.29, 1.82) is 0 Å². The van der Waals surface area contributed by atoms with Crippen LogP contribution in [-0.4, -0.2) is 59.2 Å². The molecule has 1 aromatic heterocycles. The third-order valence-electron chi connectivity index (χ3n) is 7.17. The Balaban J connectivity index is 1.30. The smallest absolute Gasteiger partial charge is 0.223 e. The highest BCUT2D eigenvalue weighted by atomic mass is 19.1. The van der Waals surface area contributed by atoms with E-state index in [-0.39, 0.29) is 36.9 Å². The van der Waals surface area contributed by atoms with Gasteiger partial charge in [-0.3, -0.25) is 4.79 Å². The van der Waals surface area contributed by atoms with Gasteiger partial charge in [0, 0.05) is 37.2 Å². The summed E-state index contributed by atoms with van der Waals surface area (Å²) in [4.78, 5) is 25.8. The van der Waals surface area contributed by atoms with Crippen molar-refractivity contribution in [3.8, 4) is 0 Å². The molecule has 1 amide bonds. The number of rotatable bonds is 7. The summed E-state index contributed by atoms with van der Waals surface area (Å²) in [5.41, 5.74) is 0.663. The highest BCUT2D eigenvalue weighted by molar-refractivity contribution is 6.05. The molecular weight excluding hydrogens is 489 g/mol. The first-order valence-corrected chi connectivity index (χ1v) is 12.5. The number of nitrogens with one attached hydrogen (secondary N) is 3. The Labute approximate surface area is 211 Å². The first kappa shape index (κ1) is 25.4. The van der Waals surface area contributed by atoms with E-state index >= 15 is 0 Å². The highest BCUT2D eigenvalue weighted by Gasteiger charge is 2.39. The van der Waals surface area contributed by atoms with Crippen molar-refractivity contribution in [3.63, 3.8) is 0 Å². The first-order valence-electron chi connectivity index (χ1n) is 12.5. The van der Waals surface area contributed by atoms with Gasteiger partial charge in [0.1, 0.15) is 23.0 Å². The highest BCUT2D eigenvalue weighted by Crippen LogP contribution is 2.42. The van der Waals surface area contributed by atoms with E-state index in [1.54, 1.807) is 6.20 Å². The molecule has 9 nitrogen and oxygen atoms in total. The number of nitrogens with zero attached hydrogens (tertiary/aromatic N) is 3. The van der Waals surface area contributed by atoms with E-state index < -0.39 is 29.1 Å². The van der Waals surface area contributed by atoms with Crippen molar-refractivity contribution in [2.45, 2.75) is 44.1 Å². The molecule has 0 bridgehead atoms. The van der Waals surface area contributed by atoms with Gasteiger partial charge in [0.2, 0.25) is 11.9 Å². The zero-order valence-corrected chi connectivity index (χ0v) is 20.1. The van der Waals surface area contributed by atoms with Crippen LogP contribution in [0.3, 0.4) is 0 Å². The lowest BCUT2D eigenvalue weighted by molar-refractivity contribution is -0.126. The molecule has 198 valence electrons. The van der Waals surface area contributed by atoms with Crippen LogP contribution in [0.2, 0.25) is 0 Å². The topological polar surface area (TPSA) is 121 Å². The quantitative estimate of drug-likeness (QED) is 0.444. The second-order valence-electron chi connectivity index (χ2n) is 9.64. The molecule has 1 aromatic carbocycles. The number of ether oxygens (including phenoxy) is 1. The first-order chi connectivity index (χ1) is 17.9. The van der Waals surface area contributed by atoms with Gasteiger partial charge in [-0.15, -0.1) is 0 Å². The van der Waals surface area contributed by atoms with E-state index in [1.165, 1.54) is 0 Å². The molecule has 2 fully saturated rings. The van der Waals surface area contributed by atoms with Crippen molar-refractivity contribution in [1.82, 2.24) is 15.3 Å². The SMILES string of the molecule is O=C(NCCO)[C@H]1CC[C@H](Nc2ncc3c(n2)[C@H](C2CCOC2)C(Nc2c(F)cc(F)cc2F)=N3)CC1. The van der Waals surface area contributed by atoms with Gasteiger partial charge in [-0.2, -0.15) is 0 Å². The summed E-state index contributed by atoms with van der Waals surface area (Å²) in [7, 11) is 0. The van der Waals surface area contributed by atoms with E-state index in [0.29, 0.717) is 61.4 Å². The van der Waals surface area contributed by atoms with Crippen LogP contribution in [0.5, 0.6) is 0 Å². The zero-order valence-electron chi connectivity index (χ0n) is 20.1. The van der Waals surface area contributed by atoms with Crippen molar-refractivity contribution in [2.24, 2.45) is 16.8 Å². The standard InChI is InChI=1S/C25H29F3N6O3/c26-15-9-17(27)21(18(28)10-15)33-23-20(14-5-8-37-12-14)22-19(32-23)11-30-25(34-22)31-16-3-1-13(2-4-16)24(36)29-6-7-35/h9-11,13-14,16,20,35H,1-8,12H2,(H,29,36)(H,32,33)(H,30,31,34)/t13-,14?,16-,20-/m0/s1. The molecule has 12 heteroatoms. The number of fused-ring (bicyclic) bond motifs is 1. The van der Waals surface area contributed by atoms with Crippen LogP contribution >= 0.6 is 0 Å². The number of carbonyl (C=O) groups excluding carboxylic acids is 1. The number of hydrogen-bond acceptors (Lipinski definition) is 8. The fourth-order valence-corrected chi connectivity index (χ4v) is 5.27. The lowest BCUT2D eigenvalue weighted by Crippen LogP contribution is -2.37. The Kier molecular flexibility index (Phi) is 7.56. The molecular formula is C25H29F3N6O3. The van der Waals surface area contributed by atoms with E-state index in [2.05, 4.69) is 25.9 Å². The van der Waals surface area contributed by atoms with E-state index in [0.717, 1.165) is 19.3 Å². The maximum Gasteiger partial charge on any atom is 0.223 e. The molecule has 37 heavy (non-hydrogen) atoms. The van der Waals surface area contributed by atoms with Crippen LogP contribution in [0, 0.1) is 29.3 Å². The number of anilines is 2. The Morgan fingerprint density at radius 3 is 2.54 bits per heavy atom. The number of aliphatic imine (C=N–C) groups is 1. The number of halogens is 3. The van der Waals surface area contributed by atoms with Crippen LogP contribution in [0.15, 0.2) is 23.3 Å². The molecule has 1 saturated carbocycles. The van der Waals surface area contributed by atoms with Crippen LogP contribution in [0.4, 0.5) is 30.5 Å². The molecule has 0 spiro atoms. The van der Waals surface area contributed by atoms with Crippen molar-refractivity contribution >= 4 is 29.1 Å². The minimum absolute atomic E-state index is 0.00491. The summed E-state index contributed by atoms with van der Waals surface area (Å²) in [5.74, 6) is -2.87. The molecule has 2 aliphatic heterocycles. The van der Waals surface area contributed by atoms with Gasteiger partial charge in [-0.1, -0.05) is 0 Å². The predicted molar refractivity (Wildman–Crippen MR) is 130 cm³/mol. The van der Waals surface area contributed by atoms with Gasteiger partial charge in [-0.25, -0.2) is 28.1 Å². The largest absolute Gasteiger partial charge is 0.395 e. The molecule has 3 aliphatic rings. The van der Waals surface area contributed by atoms with Gasteiger partial charge >= 0.3 is 0 Å². The van der Waals surface area contributed by atoms with Gasteiger partial charge in [0.15, 0.2) is 11.6 Å². The molecule has 1 saturated heterocycles. The molecule has 0 radical (unpaired) electrons. The number of amides is 1. The van der Waals surface area contributed by atoms with Gasteiger partial charge in [0.25, 0.3) is 0 Å². The average molecular weight is 519 g/mol. The van der Waals surface area contributed by atoms with E-state index in [4.69, 9.17) is 14.8 Å². The molecule has 2 aromatic rings. The predicted octanol–water partition coefficient (Wildman–Crippen LogP) is 3.25. The van der Waals surface area contributed by atoms with Gasteiger partial charge < -0.3 is 25.8 Å². The molecule has 1 aliphatic carbocycles. The Morgan fingerprint density at radius 1 is 1.11 bits per heavy atom. The number of carbonyl (C=O) groups is 1. The second kappa shape index (κ2) is 11.0. The summed E-state index contributed by atoms with van der Waals surface area (Å²) >= 11 is 0. The summed E-state index contributed by atoms with van der Waals surface area (Å²) < 4.78 is 47.7. The minimum atomic E-state index is -1.05. The summed E-state index contributed by atoms with van der Waals surface area (Å²) in [6.45, 7) is 1.19. The number of aliphatic hydroxyl groups excluding tert-OH is 1. The lowest BCUT2D eigenvalue weighted by atomic mass is 9.85. The lowest BCUT2D eigenvalue weighted by Gasteiger charge is -2.28. The fourth-order valence-electron chi connectivity index (χ4n) is 5.27. The number of amidine groups is 1. The van der Waals surface area contributed by atoms with E-state index in [1.807, 2.05) is 0 Å². The van der Waals surface area contributed by atoms with Crippen LogP contribution in [-0.2, 0) is 9.53 Å². The Morgan fingerprint density at radius 2 is 1.86 bits per heavy atom. The van der Waals surface area contributed by atoms with Crippen LogP contribution in [0.1, 0.15) is 43.7 Å². The Hall–Kier alpha value is -3.25. The molecule has 2 atom stereocenters. The molecule has 5 rings (SSSR count). The maximum atomic E-state index is 14.4. The summed E-state index contributed by atoms with van der Waals surface area (Å²) in [5, 5.41) is 17.7. The summed E-state index contributed by atoms with van der Waals surface area (Å²) in [6.07, 6.45) is 5.28. The van der Waals surface area contributed by atoms with Gasteiger partial charge in [0.05, 0.1) is 31.0 Å². The minimum Gasteiger partial charge on any atom is -0.395 e. The van der Waals surface area contributed by atoms with Gasteiger partial charge in [-0.05, 0) is 38.0 Å². The Bertz CT molecular complexity index is 1160. The fraction of sp³-hybridized carbons (Fsp3) is 0.520. The van der Waals surface area contributed by atoms with Crippen molar-refractivity contribution in [3.05, 3.63) is 41.5 Å². The van der Waals surface area contributed by atoms with E-state index in [9.17, 15) is 18.0 Å². The van der Waals surface area contributed by atoms with Crippen LogP contribution < -0.4 is 16.0 Å². The van der Waals surface area contributed by atoms with Crippen molar-refractivity contribution < 1.29 is 27.8 Å². The second-order valence-corrected chi connectivity index (χ2v) is 9.64. The third-order valence-corrected chi connectivity index (χ3v) is 7.17. The van der Waals surface area contributed by atoms with Crippen LogP contribution in [0.25, 0.3) is 0 Å². The normalized spacial score (nSPS) is 24.9. The monoisotopic (exact) mass is 518 g/mol. The number of aromatic nitrogens is 2. The zero-order chi connectivity index (χ0) is 25.9. The number of hydrogen-bond donors (Lipinski definition) is 4. The maximum absolute atomic E-state index is 14.4. The third kappa shape index (κ3) is 5.54. The average Bonchev–Trinajstić information content (AvgIpc) is 3.52. The number of benzene rings is 1. The van der Waals surface area contributed by atoms with Crippen molar-refractivity contribution in [2.75, 3.05) is 37.0 Å². The summed E-state index contributed by atoms with van der Waals surface area (Å²) in [6, 6.07) is 1.33.